The van der Waals surface area contributed by atoms with Crippen LogP contribution in [0.1, 0.15) is 36.9 Å². The maximum absolute atomic E-state index is 9.64. The molecule has 3 heteroatoms. The summed E-state index contributed by atoms with van der Waals surface area (Å²) in [7, 11) is 0. The van der Waals surface area contributed by atoms with Crippen LogP contribution in [0.15, 0.2) is 18.2 Å². The maximum Gasteiger partial charge on any atom is 0.115 e. The Hall–Kier alpha value is -0.670. The van der Waals surface area contributed by atoms with Crippen molar-refractivity contribution in [3.8, 4) is 5.75 Å². The van der Waals surface area contributed by atoms with Crippen molar-refractivity contribution in [2.24, 2.45) is 5.92 Å². The Kier molecular flexibility index (Phi) is 4.95. The van der Waals surface area contributed by atoms with Crippen molar-refractivity contribution in [1.29, 1.82) is 0 Å². The molecule has 1 aromatic carbocycles. The number of benzene rings is 1. The maximum atomic E-state index is 9.64. The number of thioether (sulfide) groups is 1. The van der Waals surface area contributed by atoms with Crippen LogP contribution in [0.5, 0.6) is 5.75 Å². The van der Waals surface area contributed by atoms with Gasteiger partial charge in [0.2, 0.25) is 0 Å². The van der Waals surface area contributed by atoms with Gasteiger partial charge in [-0.2, -0.15) is 11.8 Å². The summed E-state index contributed by atoms with van der Waals surface area (Å²) in [6, 6.07) is 6.23. The third kappa shape index (κ3) is 3.42. The second kappa shape index (κ2) is 6.48. The van der Waals surface area contributed by atoms with E-state index in [2.05, 4.69) is 24.6 Å². The number of phenolic OH excluding ortho intramolecular Hbond substituents is 1. The van der Waals surface area contributed by atoms with Gasteiger partial charge in [-0.3, -0.25) is 0 Å². The van der Waals surface area contributed by atoms with Crippen LogP contribution in [0.3, 0.4) is 0 Å². The molecule has 2 N–H and O–H groups in total. The van der Waals surface area contributed by atoms with Gasteiger partial charge in [0.25, 0.3) is 0 Å². The van der Waals surface area contributed by atoms with Crippen LogP contribution in [0.2, 0.25) is 0 Å². The van der Waals surface area contributed by atoms with Crippen molar-refractivity contribution < 1.29 is 5.11 Å². The van der Waals surface area contributed by atoms with E-state index in [1.54, 1.807) is 6.07 Å². The number of aryl methyl sites for hydroxylation is 1. The van der Waals surface area contributed by atoms with Crippen molar-refractivity contribution in [2.75, 3.05) is 18.6 Å². The van der Waals surface area contributed by atoms with Gasteiger partial charge in [-0.15, -0.1) is 0 Å². The van der Waals surface area contributed by atoms with Crippen molar-refractivity contribution in [1.82, 2.24) is 5.32 Å². The minimum absolute atomic E-state index is 0.389. The number of aromatic hydroxyl groups is 1. The number of hydrogen-bond donors (Lipinski definition) is 2. The standard InChI is InChI=1S/C15H23NOS/c1-11(10-18-2)9-16-15-5-3-4-12-6-7-13(17)8-14(12)15/h6-8,11,15-17H,3-5,9-10H2,1-2H3. The number of nitrogens with one attached hydrogen (secondary N) is 1. The molecular weight excluding hydrogens is 242 g/mol. The van der Waals surface area contributed by atoms with Crippen LogP contribution in [-0.4, -0.2) is 23.7 Å². The highest BCUT2D eigenvalue weighted by atomic mass is 32.2. The van der Waals surface area contributed by atoms with Gasteiger partial charge in [0.1, 0.15) is 5.75 Å². The highest BCUT2D eigenvalue weighted by Crippen LogP contribution is 2.32. The predicted octanol–water partition coefficient (Wildman–Crippen LogP) is 3.36. The molecule has 0 aliphatic heterocycles. The van der Waals surface area contributed by atoms with Gasteiger partial charge in [0.15, 0.2) is 0 Å². The lowest BCUT2D eigenvalue weighted by molar-refractivity contribution is 0.423. The molecular formula is C15H23NOS. The summed E-state index contributed by atoms with van der Waals surface area (Å²) in [5.74, 6) is 2.29. The molecule has 0 amide bonds. The number of hydrogen-bond acceptors (Lipinski definition) is 3. The molecule has 100 valence electrons. The van der Waals surface area contributed by atoms with E-state index in [0.717, 1.165) is 13.0 Å². The van der Waals surface area contributed by atoms with E-state index in [1.165, 1.54) is 29.7 Å². The van der Waals surface area contributed by atoms with Crippen LogP contribution < -0.4 is 5.32 Å². The first-order valence-electron chi connectivity index (χ1n) is 6.75. The first-order chi connectivity index (χ1) is 8.70. The molecule has 0 fully saturated rings. The third-order valence-corrected chi connectivity index (χ3v) is 4.51. The van der Waals surface area contributed by atoms with Crippen LogP contribution in [0, 0.1) is 5.92 Å². The number of phenols is 1. The zero-order valence-electron chi connectivity index (χ0n) is 11.3. The monoisotopic (exact) mass is 265 g/mol. The molecule has 1 aromatic rings. The number of fused-ring (bicyclic) bond motifs is 1. The van der Waals surface area contributed by atoms with Crippen molar-refractivity contribution >= 4 is 11.8 Å². The minimum atomic E-state index is 0.389. The molecule has 2 unspecified atom stereocenters. The molecule has 1 aliphatic rings. The Labute approximate surface area is 114 Å². The average molecular weight is 265 g/mol. The molecule has 18 heavy (non-hydrogen) atoms. The van der Waals surface area contributed by atoms with Gasteiger partial charge in [0.05, 0.1) is 0 Å². The quantitative estimate of drug-likeness (QED) is 0.856. The van der Waals surface area contributed by atoms with Gasteiger partial charge in [-0.25, -0.2) is 0 Å². The Bertz CT molecular complexity index is 394. The zero-order valence-corrected chi connectivity index (χ0v) is 12.1. The van der Waals surface area contributed by atoms with E-state index in [-0.39, 0.29) is 0 Å². The van der Waals surface area contributed by atoms with Crippen LogP contribution in [-0.2, 0) is 6.42 Å². The summed E-state index contributed by atoms with van der Waals surface area (Å²) in [4.78, 5) is 0. The van der Waals surface area contributed by atoms with E-state index in [9.17, 15) is 5.11 Å². The molecule has 2 nitrogen and oxygen atoms in total. The van der Waals surface area contributed by atoms with Crippen LogP contribution in [0.4, 0.5) is 0 Å². The SMILES string of the molecule is CSCC(C)CNC1CCCc2ccc(O)cc21. The lowest BCUT2D eigenvalue weighted by Crippen LogP contribution is -2.29. The average Bonchev–Trinajstić information content (AvgIpc) is 2.36. The fourth-order valence-electron chi connectivity index (χ4n) is 2.69. The smallest absolute Gasteiger partial charge is 0.115 e. The Morgan fingerprint density at radius 3 is 3.11 bits per heavy atom. The lowest BCUT2D eigenvalue weighted by atomic mass is 9.87. The van der Waals surface area contributed by atoms with Crippen LogP contribution >= 0.6 is 11.8 Å². The van der Waals surface area contributed by atoms with Crippen LogP contribution in [0.25, 0.3) is 0 Å². The second-order valence-corrected chi connectivity index (χ2v) is 6.21. The molecule has 0 spiro atoms. The first-order valence-corrected chi connectivity index (χ1v) is 8.14. The second-order valence-electron chi connectivity index (χ2n) is 5.30. The van der Waals surface area contributed by atoms with E-state index in [0.29, 0.717) is 17.7 Å². The minimum Gasteiger partial charge on any atom is -0.508 e. The fourth-order valence-corrected chi connectivity index (χ4v) is 3.37. The summed E-state index contributed by atoms with van der Waals surface area (Å²) in [6.45, 7) is 3.34. The predicted molar refractivity (Wildman–Crippen MR) is 79.3 cm³/mol. The molecule has 0 aromatic heterocycles. The normalized spacial score (nSPS) is 20.4. The Balaban J connectivity index is 2.01. The molecule has 0 saturated heterocycles. The molecule has 0 heterocycles. The summed E-state index contributed by atoms with van der Waals surface area (Å²) in [6.07, 6.45) is 5.73. The van der Waals surface area contributed by atoms with Crippen molar-refractivity contribution in [3.63, 3.8) is 0 Å². The van der Waals surface area contributed by atoms with Gasteiger partial charge in [-0.05, 0) is 67.0 Å². The Morgan fingerprint density at radius 1 is 1.50 bits per heavy atom. The van der Waals surface area contributed by atoms with E-state index < -0.39 is 0 Å². The molecule has 2 rings (SSSR count). The third-order valence-electron chi connectivity index (χ3n) is 3.61. The van der Waals surface area contributed by atoms with E-state index in [4.69, 9.17) is 0 Å². The van der Waals surface area contributed by atoms with Gasteiger partial charge >= 0.3 is 0 Å². The molecule has 2 atom stereocenters. The molecule has 1 aliphatic carbocycles. The zero-order chi connectivity index (χ0) is 13.0. The highest BCUT2D eigenvalue weighted by Gasteiger charge is 2.20. The van der Waals surface area contributed by atoms with Crippen molar-refractivity contribution in [3.05, 3.63) is 29.3 Å². The topological polar surface area (TPSA) is 32.3 Å². The summed E-state index contributed by atoms with van der Waals surface area (Å²) in [5, 5.41) is 13.3. The van der Waals surface area contributed by atoms with Crippen molar-refractivity contribution in [2.45, 2.75) is 32.2 Å². The summed E-state index contributed by atoms with van der Waals surface area (Å²) < 4.78 is 0. The molecule has 0 radical (unpaired) electrons. The Morgan fingerprint density at radius 2 is 2.33 bits per heavy atom. The van der Waals surface area contributed by atoms with Gasteiger partial charge < -0.3 is 10.4 Å². The molecule has 0 bridgehead atoms. The molecule has 0 saturated carbocycles. The highest BCUT2D eigenvalue weighted by molar-refractivity contribution is 7.98. The summed E-state index contributed by atoms with van der Waals surface area (Å²) in [5.41, 5.74) is 2.70. The number of rotatable bonds is 5. The fraction of sp³-hybridized carbons (Fsp3) is 0.600. The largest absolute Gasteiger partial charge is 0.508 e. The van der Waals surface area contributed by atoms with E-state index in [1.807, 2.05) is 17.8 Å². The first kappa shape index (κ1) is 13.8. The van der Waals surface area contributed by atoms with E-state index >= 15 is 0 Å². The lowest BCUT2D eigenvalue weighted by Gasteiger charge is -2.27. The van der Waals surface area contributed by atoms with Gasteiger partial charge in [-0.1, -0.05) is 13.0 Å². The van der Waals surface area contributed by atoms with Gasteiger partial charge in [0, 0.05) is 6.04 Å². The summed E-state index contributed by atoms with van der Waals surface area (Å²) >= 11 is 1.90.